The van der Waals surface area contributed by atoms with Crippen LogP contribution < -0.4 is 5.32 Å². The normalized spacial score (nSPS) is 21.8. The summed E-state index contributed by atoms with van der Waals surface area (Å²) >= 11 is 0. The molecule has 2 heterocycles. The van der Waals surface area contributed by atoms with Gasteiger partial charge in [0.15, 0.2) is 0 Å². The zero-order chi connectivity index (χ0) is 24.2. The highest BCUT2D eigenvalue weighted by molar-refractivity contribution is 5.92. The van der Waals surface area contributed by atoms with Crippen molar-refractivity contribution in [1.82, 2.24) is 14.9 Å². The summed E-state index contributed by atoms with van der Waals surface area (Å²) in [5, 5.41) is 3.03. The Labute approximate surface area is 199 Å². The smallest absolute Gasteiger partial charge is 0.229 e. The van der Waals surface area contributed by atoms with Crippen LogP contribution in [0.25, 0.3) is 0 Å². The fraction of sp³-hybridized carbons (Fsp3) is 0.704. The minimum Gasteiger partial charge on any atom is -0.336 e. The van der Waals surface area contributed by atoms with Gasteiger partial charge in [-0.1, -0.05) is 59.6 Å². The van der Waals surface area contributed by atoms with E-state index in [1.165, 1.54) is 18.3 Å². The molecule has 182 valence electrons. The molecule has 2 aliphatic rings. The van der Waals surface area contributed by atoms with Gasteiger partial charge in [-0.25, -0.2) is 9.97 Å². The second-order valence-corrected chi connectivity index (χ2v) is 11.5. The zero-order valence-electron chi connectivity index (χ0n) is 21.4. The van der Waals surface area contributed by atoms with Gasteiger partial charge in [0.05, 0.1) is 12.2 Å². The molecule has 1 aliphatic carbocycles. The number of amides is 2. The predicted molar refractivity (Wildman–Crippen MR) is 133 cm³/mol. The lowest BCUT2D eigenvalue weighted by Crippen LogP contribution is -2.38. The van der Waals surface area contributed by atoms with E-state index in [2.05, 4.69) is 62.9 Å². The van der Waals surface area contributed by atoms with E-state index in [1.807, 2.05) is 4.90 Å². The molecule has 1 N–H and O–H groups in total. The number of rotatable bonds is 7. The number of allylic oxidation sites excluding steroid dienone is 1. The Morgan fingerprint density at radius 1 is 1.27 bits per heavy atom. The Kier molecular flexibility index (Phi) is 8.30. The number of hydrogen-bond acceptors (Lipinski definition) is 4. The summed E-state index contributed by atoms with van der Waals surface area (Å²) < 4.78 is 0. The van der Waals surface area contributed by atoms with Crippen molar-refractivity contribution < 1.29 is 9.59 Å². The van der Waals surface area contributed by atoms with Crippen molar-refractivity contribution in [2.75, 3.05) is 11.9 Å². The van der Waals surface area contributed by atoms with Gasteiger partial charge in [0.2, 0.25) is 11.8 Å². The van der Waals surface area contributed by atoms with E-state index < -0.39 is 0 Å². The van der Waals surface area contributed by atoms with Crippen LogP contribution in [-0.2, 0) is 22.6 Å². The standard InChI is InChI=1S/C27H42N4O2/c1-7-20-10-18(2)11-21(13-20)14-24(32)30-26-22-8-9-31(16-23(22)28-17-29-26)25(33)12-19(3)15-27(4,5)6/h11,17-20H,7-10,12-16H2,1-6H3,(H,28,29,30,32). The SMILES string of the molecule is CCC1CC(CC(=O)Nc2ncnc3c2CCN(C(=O)CC(C)CC(C)(C)C)C3)=CC(C)C1. The van der Waals surface area contributed by atoms with E-state index in [1.54, 1.807) is 0 Å². The van der Waals surface area contributed by atoms with Crippen LogP contribution in [0, 0.1) is 23.2 Å². The van der Waals surface area contributed by atoms with Gasteiger partial charge < -0.3 is 10.2 Å². The first kappa shape index (κ1) is 25.4. The number of carbonyl (C=O) groups is 2. The van der Waals surface area contributed by atoms with Gasteiger partial charge in [-0.05, 0) is 48.9 Å². The molecule has 3 atom stereocenters. The first-order valence-corrected chi connectivity index (χ1v) is 12.6. The first-order valence-electron chi connectivity index (χ1n) is 12.6. The van der Waals surface area contributed by atoms with E-state index in [4.69, 9.17) is 0 Å². The van der Waals surface area contributed by atoms with Crippen LogP contribution in [0.2, 0.25) is 0 Å². The summed E-state index contributed by atoms with van der Waals surface area (Å²) in [7, 11) is 0. The first-order chi connectivity index (χ1) is 15.5. The van der Waals surface area contributed by atoms with Crippen molar-refractivity contribution in [2.24, 2.45) is 23.2 Å². The number of hydrogen-bond donors (Lipinski definition) is 1. The molecule has 0 bridgehead atoms. The zero-order valence-corrected chi connectivity index (χ0v) is 21.4. The number of nitrogens with one attached hydrogen (secondary N) is 1. The number of aromatic nitrogens is 2. The van der Waals surface area contributed by atoms with Gasteiger partial charge in [-0.2, -0.15) is 0 Å². The minimum atomic E-state index is -0.0133. The predicted octanol–water partition coefficient (Wildman–Crippen LogP) is 5.53. The Balaban J connectivity index is 1.60. The Morgan fingerprint density at radius 2 is 2.03 bits per heavy atom. The van der Waals surface area contributed by atoms with Crippen LogP contribution in [0.15, 0.2) is 18.0 Å². The average molecular weight is 455 g/mol. The molecule has 0 fully saturated rings. The average Bonchev–Trinajstić information content (AvgIpc) is 2.71. The Hall–Kier alpha value is -2.24. The fourth-order valence-corrected chi connectivity index (χ4v) is 5.56. The van der Waals surface area contributed by atoms with Crippen molar-refractivity contribution in [3.05, 3.63) is 29.2 Å². The highest BCUT2D eigenvalue weighted by atomic mass is 16.2. The topological polar surface area (TPSA) is 75.2 Å². The fourth-order valence-electron chi connectivity index (χ4n) is 5.56. The van der Waals surface area contributed by atoms with E-state index >= 15 is 0 Å². The molecule has 6 heteroatoms. The molecule has 0 saturated carbocycles. The van der Waals surface area contributed by atoms with Crippen molar-refractivity contribution in [3.8, 4) is 0 Å². The van der Waals surface area contributed by atoms with E-state index in [9.17, 15) is 9.59 Å². The summed E-state index contributed by atoms with van der Waals surface area (Å²) in [5.41, 5.74) is 3.27. The van der Waals surface area contributed by atoms with Crippen molar-refractivity contribution in [1.29, 1.82) is 0 Å². The molecule has 2 amide bonds. The summed E-state index contributed by atoms with van der Waals surface area (Å²) in [5.74, 6) is 2.34. The molecule has 6 nitrogen and oxygen atoms in total. The largest absolute Gasteiger partial charge is 0.336 e. The third kappa shape index (κ3) is 7.38. The third-order valence-corrected chi connectivity index (χ3v) is 6.84. The van der Waals surface area contributed by atoms with Crippen LogP contribution in [0.4, 0.5) is 5.82 Å². The van der Waals surface area contributed by atoms with E-state index in [-0.39, 0.29) is 17.2 Å². The second kappa shape index (κ2) is 10.8. The van der Waals surface area contributed by atoms with Crippen LogP contribution in [0.5, 0.6) is 0 Å². The molecule has 3 unspecified atom stereocenters. The summed E-state index contributed by atoms with van der Waals surface area (Å²) in [6, 6.07) is 0. The minimum absolute atomic E-state index is 0.0133. The highest BCUT2D eigenvalue weighted by Crippen LogP contribution is 2.32. The second-order valence-electron chi connectivity index (χ2n) is 11.5. The molecular formula is C27H42N4O2. The lowest BCUT2D eigenvalue weighted by atomic mass is 9.81. The van der Waals surface area contributed by atoms with Crippen molar-refractivity contribution >= 4 is 17.6 Å². The quantitative estimate of drug-likeness (QED) is 0.549. The molecule has 0 saturated heterocycles. The summed E-state index contributed by atoms with van der Waals surface area (Å²) in [6.07, 6.45) is 9.84. The molecule has 1 aliphatic heterocycles. The maximum Gasteiger partial charge on any atom is 0.229 e. The van der Waals surface area contributed by atoms with Gasteiger partial charge >= 0.3 is 0 Å². The number of anilines is 1. The Bertz CT molecular complexity index is 887. The maximum atomic E-state index is 12.9. The van der Waals surface area contributed by atoms with Gasteiger partial charge in [-0.15, -0.1) is 0 Å². The Morgan fingerprint density at radius 3 is 2.73 bits per heavy atom. The lowest BCUT2D eigenvalue weighted by molar-refractivity contribution is -0.133. The number of carbonyl (C=O) groups excluding carboxylic acids is 2. The van der Waals surface area contributed by atoms with E-state index in [0.717, 1.165) is 30.5 Å². The summed E-state index contributed by atoms with van der Waals surface area (Å²) in [6.45, 7) is 14.4. The summed E-state index contributed by atoms with van der Waals surface area (Å²) in [4.78, 5) is 36.4. The van der Waals surface area contributed by atoms with Crippen molar-refractivity contribution in [2.45, 2.75) is 93.0 Å². The van der Waals surface area contributed by atoms with Crippen LogP contribution in [0.1, 0.15) is 91.3 Å². The molecule has 0 aromatic carbocycles. The molecule has 1 aromatic heterocycles. The van der Waals surface area contributed by atoms with Gasteiger partial charge in [0, 0.05) is 24.9 Å². The van der Waals surface area contributed by atoms with Gasteiger partial charge in [0.1, 0.15) is 12.1 Å². The molecule has 0 spiro atoms. The maximum absolute atomic E-state index is 12.9. The van der Waals surface area contributed by atoms with Crippen LogP contribution in [-0.4, -0.2) is 33.2 Å². The highest BCUT2D eigenvalue weighted by Gasteiger charge is 2.27. The molecule has 0 radical (unpaired) electrons. The van der Waals surface area contributed by atoms with E-state index in [0.29, 0.717) is 55.9 Å². The number of fused-ring (bicyclic) bond motifs is 1. The number of nitrogens with zero attached hydrogens (tertiary/aromatic N) is 3. The lowest BCUT2D eigenvalue weighted by Gasteiger charge is -2.31. The molecule has 1 aromatic rings. The molecule has 3 rings (SSSR count). The van der Waals surface area contributed by atoms with Gasteiger partial charge in [0.25, 0.3) is 0 Å². The van der Waals surface area contributed by atoms with Gasteiger partial charge in [-0.3, -0.25) is 9.59 Å². The third-order valence-electron chi connectivity index (χ3n) is 6.84. The van der Waals surface area contributed by atoms with Crippen LogP contribution in [0.3, 0.4) is 0 Å². The van der Waals surface area contributed by atoms with Crippen molar-refractivity contribution in [3.63, 3.8) is 0 Å². The molecule has 33 heavy (non-hydrogen) atoms. The monoisotopic (exact) mass is 454 g/mol. The molecular weight excluding hydrogens is 412 g/mol. The van der Waals surface area contributed by atoms with Crippen LogP contribution >= 0.6 is 0 Å².